The second-order valence-corrected chi connectivity index (χ2v) is 5.58. The fraction of sp³-hybridized carbons (Fsp3) is 0.600. The van der Waals surface area contributed by atoms with E-state index in [0.29, 0.717) is 12.0 Å². The van der Waals surface area contributed by atoms with Crippen molar-refractivity contribution >= 4 is 0 Å². The first kappa shape index (κ1) is 9.81. The van der Waals surface area contributed by atoms with Gasteiger partial charge in [-0.1, -0.05) is 6.07 Å². The van der Waals surface area contributed by atoms with Gasteiger partial charge < -0.3 is 9.47 Å². The number of methoxy groups -OCH3 is 1. The number of benzene rings is 1. The van der Waals surface area contributed by atoms with Gasteiger partial charge in [-0.25, -0.2) is 0 Å². The van der Waals surface area contributed by atoms with Crippen LogP contribution in [-0.4, -0.2) is 13.2 Å². The summed E-state index contributed by atoms with van der Waals surface area (Å²) < 4.78 is 11.7. The van der Waals surface area contributed by atoms with E-state index in [-0.39, 0.29) is 0 Å². The molecule has 2 aliphatic carbocycles. The third kappa shape index (κ3) is 1.21. The van der Waals surface area contributed by atoms with Gasteiger partial charge in [0, 0.05) is 11.5 Å². The van der Waals surface area contributed by atoms with Gasteiger partial charge in [0.2, 0.25) is 0 Å². The van der Waals surface area contributed by atoms with Crippen molar-refractivity contribution in [1.29, 1.82) is 0 Å². The van der Waals surface area contributed by atoms with Gasteiger partial charge in [0.25, 0.3) is 0 Å². The van der Waals surface area contributed by atoms with Crippen LogP contribution >= 0.6 is 0 Å². The van der Waals surface area contributed by atoms with Gasteiger partial charge in [-0.3, -0.25) is 0 Å². The SMILES string of the molecule is COc1ccc2c3c1OC1CCCC(CC2)C31. The Hall–Kier alpha value is -1.18. The van der Waals surface area contributed by atoms with E-state index in [0.717, 1.165) is 17.4 Å². The first-order valence-electron chi connectivity index (χ1n) is 6.75. The molecule has 4 rings (SSSR count). The van der Waals surface area contributed by atoms with E-state index in [1.807, 2.05) is 0 Å². The molecule has 0 aromatic heterocycles. The van der Waals surface area contributed by atoms with Crippen molar-refractivity contribution in [3.8, 4) is 11.5 Å². The zero-order valence-electron chi connectivity index (χ0n) is 10.2. The molecule has 1 heterocycles. The van der Waals surface area contributed by atoms with Crippen LogP contribution < -0.4 is 9.47 Å². The second kappa shape index (κ2) is 3.41. The van der Waals surface area contributed by atoms with Gasteiger partial charge in [-0.15, -0.1) is 0 Å². The molecule has 0 amide bonds. The van der Waals surface area contributed by atoms with Crippen molar-refractivity contribution < 1.29 is 9.47 Å². The Balaban J connectivity index is 1.91. The fourth-order valence-corrected chi connectivity index (χ4v) is 4.10. The second-order valence-electron chi connectivity index (χ2n) is 5.58. The summed E-state index contributed by atoms with van der Waals surface area (Å²) in [6, 6.07) is 4.32. The molecule has 1 fully saturated rings. The number of rotatable bonds is 1. The molecule has 0 bridgehead atoms. The lowest BCUT2D eigenvalue weighted by Gasteiger charge is -2.36. The zero-order chi connectivity index (χ0) is 11.4. The lowest BCUT2D eigenvalue weighted by molar-refractivity contribution is 0.118. The summed E-state index contributed by atoms with van der Waals surface area (Å²) in [5, 5.41) is 0. The minimum absolute atomic E-state index is 0.430. The molecule has 1 aromatic carbocycles. The summed E-state index contributed by atoms with van der Waals surface area (Å²) in [6.07, 6.45) is 6.95. The van der Waals surface area contributed by atoms with Gasteiger partial charge in [-0.05, 0) is 49.7 Å². The number of ether oxygens (including phenoxy) is 2. The molecule has 0 spiro atoms. The highest BCUT2D eigenvalue weighted by Gasteiger charge is 2.46. The van der Waals surface area contributed by atoms with Gasteiger partial charge >= 0.3 is 0 Å². The highest BCUT2D eigenvalue weighted by atomic mass is 16.5. The van der Waals surface area contributed by atoms with Crippen LogP contribution in [0.3, 0.4) is 0 Å². The Labute approximate surface area is 102 Å². The maximum Gasteiger partial charge on any atom is 0.165 e. The van der Waals surface area contributed by atoms with Crippen molar-refractivity contribution in [1.82, 2.24) is 0 Å². The normalized spacial score (nSPS) is 32.9. The molecule has 1 aromatic rings. The Morgan fingerprint density at radius 1 is 1.24 bits per heavy atom. The molecule has 3 atom stereocenters. The summed E-state index contributed by atoms with van der Waals surface area (Å²) in [5.41, 5.74) is 3.00. The van der Waals surface area contributed by atoms with E-state index in [1.165, 1.54) is 43.2 Å². The molecule has 0 saturated heterocycles. The summed E-state index contributed by atoms with van der Waals surface area (Å²) in [4.78, 5) is 0. The Bertz CT molecular complexity index is 466. The Kier molecular flexibility index (Phi) is 1.97. The van der Waals surface area contributed by atoms with Crippen LogP contribution in [0, 0.1) is 5.92 Å². The van der Waals surface area contributed by atoms with E-state index < -0.39 is 0 Å². The lowest BCUT2D eigenvalue weighted by Crippen LogP contribution is -2.32. The highest BCUT2D eigenvalue weighted by molar-refractivity contribution is 5.57. The van der Waals surface area contributed by atoms with E-state index in [2.05, 4.69) is 12.1 Å². The van der Waals surface area contributed by atoms with Gasteiger partial charge in [0.05, 0.1) is 7.11 Å². The molecule has 3 aliphatic rings. The van der Waals surface area contributed by atoms with Crippen LogP contribution in [0.2, 0.25) is 0 Å². The smallest absolute Gasteiger partial charge is 0.165 e. The van der Waals surface area contributed by atoms with Crippen molar-refractivity contribution in [3.63, 3.8) is 0 Å². The van der Waals surface area contributed by atoms with Crippen LogP contribution in [0.5, 0.6) is 11.5 Å². The number of hydrogen-bond donors (Lipinski definition) is 0. The summed E-state index contributed by atoms with van der Waals surface area (Å²) in [7, 11) is 1.74. The third-order valence-electron chi connectivity index (χ3n) is 4.83. The number of aryl methyl sites for hydroxylation is 1. The molecule has 3 unspecified atom stereocenters. The molecule has 1 saturated carbocycles. The molecule has 90 valence electrons. The molecule has 17 heavy (non-hydrogen) atoms. The largest absolute Gasteiger partial charge is 0.493 e. The van der Waals surface area contributed by atoms with Crippen LogP contribution in [0.1, 0.15) is 42.7 Å². The van der Waals surface area contributed by atoms with Gasteiger partial charge in [-0.2, -0.15) is 0 Å². The van der Waals surface area contributed by atoms with Gasteiger partial charge in [0.1, 0.15) is 6.10 Å². The van der Waals surface area contributed by atoms with Crippen LogP contribution in [0.4, 0.5) is 0 Å². The van der Waals surface area contributed by atoms with E-state index in [4.69, 9.17) is 9.47 Å². The van der Waals surface area contributed by atoms with Crippen molar-refractivity contribution in [2.75, 3.05) is 7.11 Å². The first-order chi connectivity index (χ1) is 8.38. The van der Waals surface area contributed by atoms with Crippen molar-refractivity contribution in [2.24, 2.45) is 5.92 Å². The van der Waals surface area contributed by atoms with E-state index >= 15 is 0 Å². The van der Waals surface area contributed by atoms with Crippen LogP contribution in [-0.2, 0) is 6.42 Å². The maximum atomic E-state index is 6.20. The minimum Gasteiger partial charge on any atom is -0.493 e. The van der Waals surface area contributed by atoms with Crippen molar-refractivity contribution in [2.45, 2.75) is 44.1 Å². The zero-order valence-corrected chi connectivity index (χ0v) is 10.2. The molecule has 1 aliphatic heterocycles. The average molecular weight is 230 g/mol. The fourth-order valence-electron chi connectivity index (χ4n) is 4.10. The molecule has 0 radical (unpaired) electrons. The summed E-state index contributed by atoms with van der Waals surface area (Å²) in [5.74, 6) is 3.51. The maximum absolute atomic E-state index is 6.20. The minimum atomic E-state index is 0.430. The molecular formula is C15H18O2. The Morgan fingerprint density at radius 2 is 2.18 bits per heavy atom. The van der Waals surface area contributed by atoms with Gasteiger partial charge in [0.15, 0.2) is 11.5 Å². The first-order valence-corrected chi connectivity index (χ1v) is 6.75. The predicted octanol–water partition coefficient (Wildman–Crippen LogP) is 3.29. The molecule has 0 N–H and O–H groups in total. The predicted molar refractivity (Wildman–Crippen MR) is 65.8 cm³/mol. The van der Waals surface area contributed by atoms with Crippen molar-refractivity contribution in [3.05, 3.63) is 23.3 Å². The standard InChI is InChI=1S/C15H18O2/c1-16-12-8-7-10-6-5-9-3-2-4-11-13(9)14(10)15(12)17-11/h7-9,11,13H,2-6H2,1H3. The Morgan fingerprint density at radius 3 is 3.06 bits per heavy atom. The molecular weight excluding hydrogens is 212 g/mol. The van der Waals surface area contributed by atoms with E-state index in [1.54, 1.807) is 7.11 Å². The average Bonchev–Trinajstić information content (AvgIpc) is 2.77. The summed E-state index contributed by atoms with van der Waals surface area (Å²) in [6.45, 7) is 0. The van der Waals surface area contributed by atoms with Crippen LogP contribution in [0.25, 0.3) is 0 Å². The quantitative estimate of drug-likeness (QED) is 0.737. The summed E-state index contributed by atoms with van der Waals surface area (Å²) >= 11 is 0. The third-order valence-corrected chi connectivity index (χ3v) is 4.83. The highest BCUT2D eigenvalue weighted by Crippen LogP contribution is 2.56. The molecule has 2 nitrogen and oxygen atoms in total. The van der Waals surface area contributed by atoms with Crippen LogP contribution in [0.15, 0.2) is 12.1 Å². The van der Waals surface area contributed by atoms with E-state index in [9.17, 15) is 0 Å². The number of hydrogen-bond acceptors (Lipinski definition) is 2. The topological polar surface area (TPSA) is 18.5 Å². The lowest BCUT2D eigenvalue weighted by atomic mass is 9.68. The monoisotopic (exact) mass is 230 g/mol. The molecule has 2 heteroatoms.